The Bertz CT molecular complexity index is 667. The molecule has 0 saturated carbocycles. The summed E-state index contributed by atoms with van der Waals surface area (Å²) in [6.45, 7) is 0. The highest BCUT2D eigenvalue weighted by Gasteiger charge is 2.01. The first kappa shape index (κ1) is 15.2. The van der Waals surface area contributed by atoms with Crippen molar-refractivity contribution in [3.63, 3.8) is 0 Å². The van der Waals surface area contributed by atoms with Gasteiger partial charge in [-0.05, 0) is 42.5 Å². The van der Waals surface area contributed by atoms with Gasteiger partial charge in [0.15, 0.2) is 0 Å². The highest BCUT2D eigenvalue weighted by molar-refractivity contribution is 6.01. The fourth-order valence-electron chi connectivity index (χ4n) is 1.63. The summed E-state index contributed by atoms with van der Waals surface area (Å²) in [7, 11) is 1.29. The van der Waals surface area contributed by atoms with Gasteiger partial charge in [0.1, 0.15) is 0 Å². The number of pyridine rings is 1. The van der Waals surface area contributed by atoms with Gasteiger partial charge in [0.05, 0.1) is 12.8 Å². The van der Waals surface area contributed by atoms with Gasteiger partial charge in [0.25, 0.3) is 0 Å². The number of hydrogen-bond donors (Lipinski definition) is 2. The summed E-state index contributed by atoms with van der Waals surface area (Å²) >= 11 is 0. The van der Waals surface area contributed by atoms with E-state index in [4.69, 9.17) is 0 Å². The first-order chi connectivity index (χ1) is 10.7. The molecule has 0 unspecified atom stereocenters. The lowest BCUT2D eigenvalue weighted by atomic mass is 10.2. The number of carbonyl (C=O) groups excluding carboxylic acids is 2. The number of anilines is 2. The number of nitrogens with zero attached hydrogens (tertiary/aromatic N) is 1. The van der Waals surface area contributed by atoms with E-state index in [0.717, 1.165) is 0 Å². The topological polar surface area (TPSA) is 80.3 Å². The molecule has 0 radical (unpaired) electrons. The van der Waals surface area contributed by atoms with Crippen LogP contribution in [0.3, 0.4) is 0 Å². The molecule has 0 aliphatic heterocycles. The molecule has 6 heteroatoms. The first-order valence-electron chi connectivity index (χ1n) is 6.52. The molecule has 22 heavy (non-hydrogen) atoms. The zero-order valence-electron chi connectivity index (χ0n) is 11.9. The van der Waals surface area contributed by atoms with Crippen LogP contribution in [0, 0.1) is 0 Å². The fraction of sp³-hybridized carbons (Fsp3) is 0.0625. The van der Waals surface area contributed by atoms with Gasteiger partial charge in [-0.2, -0.15) is 0 Å². The maximum Gasteiger partial charge on any atom is 0.411 e. The van der Waals surface area contributed by atoms with Crippen LogP contribution in [0.25, 0.3) is 6.08 Å². The van der Waals surface area contributed by atoms with E-state index in [1.165, 1.54) is 13.2 Å². The molecule has 0 aliphatic carbocycles. The van der Waals surface area contributed by atoms with Crippen LogP contribution in [0.5, 0.6) is 0 Å². The Kier molecular flexibility index (Phi) is 5.25. The second-order valence-corrected chi connectivity index (χ2v) is 4.27. The molecule has 6 nitrogen and oxygen atoms in total. The number of amides is 2. The normalized spacial score (nSPS) is 10.2. The van der Waals surface area contributed by atoms with E-state index in [1.54, 1.807) is 48.7 Å². The van der Waals surface area contributed by atoms with Crippen molar-refractivity contribution < 1.29 is 14.3 Å². The van der Waals surface area contributed by atoms with E-state index in [-0.39, 0.29) is 5.91 Å². The number of nitrogens with one attached hydrogen (secondary N) is 2. The predicted molar refractivity (Wildman–Crippen MR) is 84.4 cm³/mol. The third kappa shape index (κ3) is 4.75. The first-order valence-corrected chi connectivity index (χ1v) is 6.52. The molecule has 1 aromatic heterocycles. The molecule has 0 saturated heterocycles. The number of carbonyl (C=O) groups is 2. The largest absolute Gasteiger partial charge is 0.453 e. The number of ether oxygens (including phenoxy) is 1. The summed E-state index contributed by atoms with van der Waals surface area (Å²) in [6.07, 6.45) is 4.14. The van der Waals surface area contributed by atoms with Crippen LogP contribution < -0.4 is 10.6 Å². The predicted octanol–water partition coefficient (Wildman–Crippen LogP) is 2.91. The standard InChI is InChI=1S/C16H15N3O3/c1-22-16(21)19-14-7-5-13(6-8-14)18-15(20)10-9-12-4-2-3-11-17-12/h2-11H,1H3,(H,18,20)(H,19,21)/b10-9+. The number of aromatic nitrogens is 1. The van der Waals surface area contributed by atoms with Crippen LogP contribution in [-0.2, 0) is 9.53 Å². The maximum atomic E-state index is 11.8. The van der Waals surface area contributed by atoms with Crippen molar-refractivity contribution in [2.75, 3.05) is 17.7 Å². The molecule has 2 rings (SSSR count). The summed E-state index contributed by atoms with van der Waals surface area (Å²) in [5.74, 6) is -0.265. The quantitative estimate of drug-likeness (QED) is 0.850. The lowest BCUT2D eigenvalue weighted by molar-refractivity contribution is -0.111. The van der Waals surface area contributed by atoms with Crippen LogP contribution in [0.4, 0.5) is 16.2 Å². The molecular formula is C16H15N3O3. The summed E-state index contributed by atoms with van der Waals surface area (Å²) < 4.78 is 4.49. The molecule has 2 N–H and O–H groups in total. The molecule has 0 bridgehead atoms. The van der Waals surface area contributed by atoms with Crippen molar-refractivity contribution in [3.8, 4) is 0 Å². The Labute approximate surface area is 127 Å². The van der Waals surface area contributed by atoms with E-state index < -0.39 is 6.09 Å². The zero-order chi connectivity index (χ0) is 15.8. The second-order valence-electron chi connectivity index (χ2n) is 4.27. The number of rotatable bonds is 4. The van der Waals surface area contributed by atoms with Crippen LogP contribution in [0.1, 0.15) is 5.69 Å². The Hall–Kier alpha value is -3.15. The van der Waals surface area contributed by atoms with E-state index in [1.807, 2.05) is 6.07 Å². The SMILES string of the molecule is COC(=O)Nc1ccc(NC(=O)/C=C/c2ccccn2)cc1. The van der Waals surface area contributed by atoms with Gasteiger partial charge in [-0.1, -0.05) is 6.07 Å². The van der Waals surface area contributed by atoms with Crippen LogP contribution >= 0.6 is 0 Å². The van der Waals surface area contributed by atoms with Crippen molar-refractivity contribution in [1.29, 1.82) is 0 Å². The lowest BCUT2D eigenvalue weighted by Gasteiger charge is -2.05. The highest BCUT2D eigenvalue weighted by Crippen LogP contribution is 2.13. The van der Waals surface area contributed by atoms with Crippen LogP contribution in [0.15, 0.2) is 54.7 Å². The molecule has 0 atom stereocenters. The molecule has 1 aromatic carbocycles. The van der Waals surface area contributed by atoms with Gasteiger partial charge in [0, 0.05) is 23.6 Å². The third-order valence-corrected chi connectivity index (χ3v) is 2.68. The van der Waals surface area contributed by atoms with Gasteiger partial charge in [-0.15, -0.1) is 0 Å². The average molecular weight is 297 g/mol. The Morgan fingerprint density at radius 2 is 1.73 bits per heavy atom. The third-order valence-electron chi connectivity index (χ3n) is 2.68. The molecule has 1 heterocycles. The number of hydrogen-bond acceptors (Lipinski definition) is 4. The Balaban J connectivity index is 1.91. The summed E-state index contributed by atoms with van der Waals surface area (Å²) in [4.78, 5) is 26.9. The Morgan fingerprint density at radius 1 is 1.05 bits per heavy atom. The van der Waals surface area contributed by atoms with E-state index in [0.29, 0.717) is 17.1 Å². The van der Waals surface area contributed by atoms with Gasteiger partial charge >= 0.3 is 6.09 Å². The molecule has 112 valence electrons. The van der Waals surface area contributed by atoms with Crippen molar-refractivity contribution in [1.82, 2.24) is 4.98 Å². The molecule has 2 amide bonds. The van der Waals surface area contributed by atoms with Crippen molar-refractivity contribution >= 4 is 29.5 Å². The van der Waals surface area contributed by atoms with Crippen LogP contribution in [0.2, 0.25) is 0 Å². The van der Waals surface area contributed by atoms with Gasteiger partial charge < -0.3 is 10.1 Å². The minimum Gasteiger partial charge on any atom is -0.453 e. The van der Waals surface area contributed by atoms with E-state index in [9.17, 15) is 9.59 Å². The van der Waals surface area contributed by atoms with Crippen molar-refractivity contribution in [2.45, 2.75) is 0 Å². The van der Waals surface area contributed by atoms with Gasteiger partial charge in [0.2, 0.25) is 5.91 Å². The average Bonchev–Trinajstić information content (AvgIpc) is 2.55. The number of methoxy groups -OCH3 is 1. The summed E-state index contributed by atoms with van der Waals surface area (Å²) in [5, 5.41) is 5.23. The van der Waals surface area contributed by atoms with Gasteiger partial charge in [-0.3, -0.25) is 15.1 Å². The van der Waals surface area contributed by atoms with E-state index in [2.05, 4.69) is 20.4 Å². The van der Waals surface area contributed by atoms with E-state index >= 15 is 0 Å². The second kappa shape index (κ2) is 7.58. The molecule has 0 aliphatic rings. The van der Waals surface area contributed by atoms with Crippen LogP contribution in [-0.4, -0.2) is 24.1 Å². The number of benzene rings is 1. The van der Waals surface area contributed by atoms with Gasteiger partial charge in [-0.25, -0.2) is 4.79 Å². The molecule has 0 fully saturated rings. The Morgan fingerprint density at radius 3 is 2.32 bits per heavy atom. The molecular weight excluding hydrogens is 282 g/mol. The molecule has 2 aromatic rings. The monoisotopic (exact) mass is 297 g/mol. The minimum absolute atomic E-state index is 0.265. The minimum atomic E-state index is -0.546. The summed E-state index contributed by atoms with van der Waals surface area (Å²) in [6, 6.07) is 12.1. The van der Waals surface area contributed by atoms with Crippen molar-refractivity contribution in [2.24, 2.45) is 0 Å². The summed E-state index contributed by atoms with van der Waals surface area (Å²) in [5.41, 5.74) is 1.90. The lowest BCUT2D eigenvalue weighted by Crippen LogP contribution is -2.11. The molecule has 0 spiro atoms. The highest BCUT2D eigenvalue weighted by atomic mass is 16.5. The fourth-order valence-corrected chi connectivity index (χ4v) is 1.63. The smallest absolute Gasteiger partial charge is 0.411 e. The zero-order valence-corrected chi connectivity index (χ0v) is 11.9. The maximum absolute atomic E-state index is 11.8. The van der Waals surface area contributed by atoms with Crippen molar-refractivity contribution in [3.05, 3.63) is 60.4 Å².